The van der Waals surface area contributed by atoms with Gasteiger partial charge >= 0.3 is 0 Å². The molecule has 1 N–H and O–H groups in total. The fourth-order valence-electron chi connectivity index (χ4n) is 2.92. The highest BCUT2D eigenvalue weighted by Gasteiger charge is 2.33. The van der Waals surface area contributed by atoms with Crippen molar-refractivity contribution in [2.45, 2.75) is 44.6 Å². The van der Waals surface area contributed by atoms with E-state index in [0.717, 1.165) is 37.2 Å². The highest BCUT2D eigenvalue weighted by atomic mass is 16.5. The van der Waals surface area contributed by atoms with Crippen LogP contribution < -0.4 is 10.2 Å². The minimum absolute atomic E-state index is 0.116. The Hall–Kier alpha value is -1.17. The maximum Gasteiger partial charge on any atom is 0.129 e. The van der Waals surface area contributed by atoms with E-state index in [1.807, 2.05) is 0 Å². The molecule has 5 heteroatoms. The molecule has 0 radical (unpaired) electrons. The number of hydrogen-bond donors (Lipinski definition) is 1. The van der Waals surface area contributed by atoms with Gasteiger partial charge in [-0.1, -0.05) is 0 Å². The molecule has 1 aliphatic heterocycles. The van der Waals surface area contributed by atoms with Gasteiger partial charge in [0.25, 0.3) is 0 Å². The number of methoxy groups -OCH3 is 2. The van der Waals surface area contributed by atoms with E-state index in [1.54, 1.807) is 14.2 Å². The molecule has 1 saturated carbocycles. The summed E-state index contributed by atoms with van der Waals surface area (Å²) in [5.41, 5.74) is 2.37. The summed E-state index contributed by atoms with van der Waals surface area (Å²) in [6.07, 6.45) is 2.86. The van der Waals surface area contributed by atoms with Crippen LogP contribution in [-0.4, -0.2) is 50.5 Å². The molecule has 116 valence electrons. The third-order valence-corrected chi connectivity index (χ3v) is 4.32. The Morgan fingerprint density at radius 2 is 1.86 bits per heavy atom. The molecule has 1 aliphatic carbocycles. The zero-order valence-electron chi connectivity index (χ0n) is 13.1. The summed E-state index contributed by atoms with van der Waals surface area (Å²) < 4.78 is 11.0. The van der Waals surface area contributed by atoms with Gasteiger partial charge in [0.05, 0.1) is 0 Å². The molecule has 1 saturated heterocycles. The highest BCUT2D eigenvalue weighted by molar-refractivity contribution is 5.44. The van der Waals surface area contributed by atoms with Gasteiger partial charge in [0.1, 0.15) is 18.0 Å². The molecule has 5 nitrogen and oxygen atoms in total. The van der Waals surface area contributed by atoms with Crippen LogP contribution in [0.2, 0.25) is 0 Å². The summed E-state index contributed by atoms with van der Waals surface area (Å²) in [6, 6.07) is 5.08. The zero-order valence-corrected chi connectivity index (χ0v) is 13.1. The van der Waals surface area contributed by atoms with Crippen LogP contribution in [-0.2, 0) is 16.0 Å². The van der Waals surface area contributed by atoms with Gasteiger partial charge in [-0.15, -0.1) is 0 Å². The summed E-state index contributed by atoms with van der Waals surface area (Å²) >= 11 is 0. The van der Waals surface area contributed by atoms with Crippen molar-refractivity contribution >= 4 is 5.82 Å². The fourth-order valence-corrected chi connectivity index (χ4v) is 2.92. The Morgan fingerprint density at radius 1 is 1.19 bits per heavy atom. The van der Waals surface area contributed by atoms with Crippen molar-refractivity contribution in [1.82, 2.24) is 10.3 Å². The molecule has 21 heavy (non-hydrogen) atoms. The number of aryl methyl sites for hydroxylation is 1. The van der Waals surface area contributed by atoms with E-state index in [1.165, 1.54) is 18.4 Å². The fraction of sp³-hybridized carbons (Fsp3) is 0.688. The Morgan fingerprint density at radius 3 is 2.43 bits per heavy atom. The van der Waals surface area contributed by atoms with E-state index in [-0.39, 0.29) is 12.2 Å². The molecule has 2 atom stereocenters. The maximum absolute atomic E-state index is 5.51. The number of rotatable bonds is 6. The molecule has 0 spiro atoms. The lowest BCUT2D eigenvalue weighted by Gasteiger charge is -2.18. The predicted octanol–water partition coefficient (Wildman–Crippen LogP) is 1.49. The van der Waals surface area contributed by atoms with Crippen LogP contribution in [0.25, 0.3) is 0 Å². The van der Waals surface area contributed by atoms with Crippen molar-refractivity contribution in [2.24, 2.45) is 0 Å². The minimum Gasteiger partial charge on any atom is -0.377 e. The number of aromatic nitrogens is 1. The minimum atomic E-state index is 0.116. The van der Waals surface area contributed by atoms with Crippen LogP contribution in [0.1, 0.15) is 24.1 Å². The first-order chi connectivity index (χ1) is 10.2. The van der Waals surface area contributed by atoms with E-state index < -0.39 is 0 Å². The third-order valence-electron chi connectivity index (χ3n) is 4.32. The van der Waals surface area contributed by atoms with Crippen LogP contribution in [0.4, 0.5) is 5.82 Å². The third kappa shape index (κ3) is 3.54. The van der Waals surface area contributed by atoms with E-state index in [4.69, 9.17) is 9.47 Å². The quantitative estimate of drug-likeness (QED) is 0.860. The highest BCUT2D eigenvalue weighted by Crippen LogP contribution is 2.24. The number of nitrogens with zero attached hydrogens (tertiary/aromatic N) is 2. The van der Waals surface area contributed by atoms with Gasteiger partial charge in [-0.2, -0.15) is 0 Å². The van der Waals surface area contributed by atoms with Gasteiger partial charge in [0, 0.05) is 45.6 Å². The topological polar surface area (TPSA) is 46.6 Å². The molecule has 1 aromatic heterocycles. The summed E-state index contributed by atoms with van der Waals surface area (Å²) in [6.45, 7) is 4.65. The summed E-state index contributed by atoms with van der Waals surface area (Å²) in [5.74, 6) is 1.03. The van der Waals surface area contributed by atoms with Crippen molar-refractivity contribution in [1.29, 1.82) is 0 Å². The Kier molecular flexibility index (Phi) is 4.42. The van der Waals surface area contributed by atoms with Gasteiger partial charge in [0.2, 0.25) is 0 Å². The van der Waals surface area contributed by atoms with Gasteiger partial charge in [-0.05, 0) is 37.5 Å². The van der Waals surface area contributed by atoms with Crippen LogP contribution in [0.3, 0.4) is 0 Å². The van der Waals surface area contributed by atoms with Gasteiger partial charge in [-0.25, -0.2) is 4.98 Å². The average Bonchev–Trinajstić information content (AvgIpc) is 3.21. The van der Waals surface area contributed by atoms with Crippen LogP contribution >= 0.6 is 0 Å². The maximum atomic E-state index is 5.51. The Labute approximate surface area is 126 Å². The standard InChI is InChI=1S/C16H25N3O2/c1-11-6-12(8-17-13-4-5-13)7-16(18-11)19-9-14(20-2)15(10-19)21-3/h6-7,13-15,17H,4-5,8-10H2,1-3H3. The first kappa shape index (κ1) is 14.8. The van der Waals surface area contributed by atoms with Crippen molar-refractivity contribution < 1.29 is 9.47 Å². The van der Waals surface area contributed by atoms with Crippen molar-refractivity contribution in [3.8, 4) is 0 Å². The van der Waals surface area contributed by atoms with E-state index >= 15 is 0 Å². The predicted molar refractivity (Wildman–Crippen MR) is 82.6 cm³/mol. The Balaban J connectivity index is 1.71. The molecular formula is C16H25N3O2. The van der Waals surface area contributed by atoms with Crippen LogP contribution in [0.5, 0.6) is 0 Å². The number of hydrogen-bond acceptors (Lipinski definition) is 5. The monoisotopic (exact) mass is 291 g/mol. The lowest BCUT2D eigenvalue weighted by atomic mass is 10.2. The number of anilines is 1. The molecular weight excluding hydrogens is 266 g/mol. The summed E-state index contributed by atoms with van der Waals surface area (Å²) in [7, 11) is 3.49. The smallest absolute Gasteiger partial charge is 0.129 e. The molecule has 2 unspecified atom stereocenters. The van der Waals surface area contributed by atoms with Crippen molar-refractivity contribution in [3.05, 3.63) is 23.4 Å². The molecule has 2 heterocycles. The molecule has 0 bridgehead atoms. The second-order valence-corrected chi connectivity index (χ2v) is 6.08. The second-order valence-electron chi connectivity index (χ2n) is 6.08. The van der Waals surface area contributed by atoms with Crippen molar-refractivity contribution in [3.63, 3.8) is 0 Å². The van der Waals surface area contributed by atoms with Crippen LogP contribution in [0, 0.1) is 6.92 Å². The van der Waals surface area contributed by atoms with E-state index in [0.29, 0.717) is 0 Å². The summed E-state index contributed by atoms with van der Waals surface area (Å²) in [5, 5.41) is 3.56. The molecule has 0 amide bonds. The normalized spacial score (nSPS) is 25.6. The lowest BCUT2D eigenvalue weighted by Crippen LogP contribution is -2.27. The second kappa shape index (κ2) is 6.30. The van der Waals surface area contributed by atoms with Gasteiger partial charge < -0.3 is 19.7 Å². The molecule has 1 aromatic rings. The zero-order chi connectivity index (χ0) is 14.8. The summed E-state index contributed by atoms with van der Waals surface area (Å²) in [4.78, 5) is 6.94. The van der Waals surface area contributed by atoms with Crippen molar-refractivity contribution in [2.75, 3.05) is 32.2 Å². The lowest BCUT2D eigenvalue weighted by molar-refractivity contribution is -0.00461. The SMILES string of the molecule is COC1CN(c2cc(CNC3CC3)cc(C)n2)CC1OC. The van der Waals surface area contributed by atoms with E-state index in [9.17, 15) is 0 Å². The first-order valence-corrected chi connectivity index (χ1v) is 7.71. The first-order valence-electron chi connectivity index (χ1n) is 7.71. The number of ether oxygens (including phenoxy) is 2. The molecule has 2 fully saturated rings. The van der Waals surface area contributed by atoms with Crippen LogP contribution in [0.15, 0.2) is 12.1 Å². The Bertz CT molecular complexity index is 478. The molecule has 3 rings (SSSR count). The molecule has 2 aliphatic rings. The molecule has 0 aromatic carbocycles. The number of nitrogens with one attached hydrogen (secondary N) is 1. The van der Waals surface area contributed by atoms with Gasteiger partial charge in [-0.3, -0.25) is 0 Å². The largest absolute Gasteiger partial charge is 0.377 e. The number of pyridine rings is 1. The van der Waals surface area contributed by atoms with E-state index in [2.05, 4.69) is 34.3 Å². The average molecular weight is 291 g/mol. The van der Waals surface area contributed by atoms with Gasteiger partial charge in [0.15, 0.2) is 0 Å².